The first-order valence-corrected chi connectivity index (χ1v) is 7.66. The number of unbranched alkanes of at least 4 members (excludes halogenated alkanes) is 1. The molecule has 1 rings (SSSR count). The number of thiophene rings is 1. The Bertz CT molecular complexity index is 357. The van der Waals surface area contributed by atoms with Crippen molar-refractivity contribution in [3.8, 4) is 0 Å². The molecule has 18 heavy (non-hydrogen) atoms. The Labute approximate surface area is 114 Å². The van der Waals surface area contributed by atoms with Gasteiger partial charge in [0, 0.05) is 11.5 Å². The first-order valence-electron chi connectivity index (χ1n) is 6.84. The van der Waals surface area contributed by atoms with Crippen LogP contribution in [0.3, 0.4) is 0 Å². The van der Waals surface area contributed by atoms with E-state index >= 15 is 0 Å². The second-order valence-electron chi connectivity index (χ2n) is 4.77. The number of hydrogen-bond acceptors (Lipinski definition) is 3. The van der Waals surface area contributed by atoms with Gasteiger partial charge in [-0.2, -0.15) is 0 Å². The van der Waals surface area contributed by atoms with Crippen molar-refractivity contribution in [3.63, 3.8) is 0 Å². The zero-order valence-electron chi connectivity index (χ0n) is 11.7. The maximum absolute atomic E-state index is 11.8. The molecule has 2 nitrogen and oxygen atoms in total. The molecule has 0 aliphatic carbocycles. The Morgan fingerprint density at radius 2 is 2.17 bits per heavy atom. The number of Topliss-reactive ketones (excluding diaryl/α,β-unsaturated/α-hetero) is 1. The van der Waals surface area contributed by atoms with Gasteiger partial charge in [-0.05, 0) is 31.4 Å². The standard InChI is InChI=1S/C15H24O2S/c1-4-6-7-13(5-2)10-17-11-14(16)15-9-8-12(3)18-15/h8-9,13H,4-7,10-11H2,1-3H3. The minimum absolute atomic E-state index is 0.110. The van der Waals surface area contributed by atoms with E-state index < -0.39 is 0 Å². The quantitative estimate of drug-likeness (QED) is 0.618. The summed E-state index contributed by atoms with van der Waals surface area (Å²) in [6, 6.07) is 3.87. The second kappa shape index (κ2) is 8.44. The minimum Gasteiger partial charge on any atom is -0.373 e. The Balaban J connectivity index is 2.26. The molecule has 1 unspecified atom stereocenters. The summed E-state index contributed by atoms with van der Waals surface area (Å²) in [7, 11) is 0. The van der Waals surface area contributed by atoms with Gasteiger partial charge in [0.25, 0.3) is 0 Å². The van der Waals surface area contributed by atoms with Crippen LogP contribution in [0.2, 0.25) is 0 Å². The summed E-state index contributed by atoms with van der Waals surface area (Å²) in [5.41, 5.74) is 0. The summed E-state index contributed by atoms with van der Waals surface area (Å²) >= 11 is 1.54. The molecule has 0 saturated heterocycles. The van der Waals surface area contributed by atoms with Crippen molar-refractivity contribution in [2.75, 3.05) is 13.2 Å². The molecule has 0 bridgehead atoms. The van der Waals surface area contributed by atoms with Gasteiger partial charge >= 0.3 is 0 Å². The van der Waals surface area contributed by atoms with Crippen LogP contribution >= 0.6 is 11.3 Å². The van der Waals surface area contributed by atoms with Crippen molar-refractivity contribution in [3.05, 3.63) is 21.9 Å². The normalized spacial score (nSPS) is 12.6. The molecule has 0 N–H and O–H groups in total. The third-order valence-corrected chi connectivity index (χ3v) is 4.19. The molecular weight excluding hydrogens is 244 g/mol. The predicted molar refractivity (Wildman–Crippen MR) is 77.5 cm³/mol. The monoisotopic (exact) mass is 268 g/mol. The Morgan fingerprint density at radius 3 is 2.72 bits per heavy atom. The maximum Gasteiger partial charge on any atom is 0.198 e. The van der Waals surface area contributed by atoms with E-state index in [9.17, 15) is 4.79 Å². The van der Waals surface area contributed by atoms with Gasteiger partial charge in [0.15, 0.2) is 5.78 Å². The fraction of sp³-hybridized carbons (Fsp3) is 0.667. The Hall–Kier alpha value is -0.670. The van der Waals surface area contributed by atoms with E-state index in [0.29, 0.717) is 12.5 Å². The smallest absolute Gasteiger partial charge is 0.198 e. The van der Waals surface area contributed by atoms with Crippen LogP contribution in [0, 0.1) is 12.8 Å². The van der Waals surface area contributed by atoms with Crippen LogP contribution in [0.1, 0.15) is 54.1 Å². The van der Waals surface area contributed by atoms with Gasteiger partial charge in [-0.1, -0.05) is 33.1 Å². The van der Waals surface area contributed by atoms with Crippen molar-refractivity contribution in [2.24, 2.45) is 5.92 Å². The Morgan fingerprint density at radius 1 is 1.39 bits per heavy atom. The van der Waals surface area contributed by atoms with Crippen molar-refractivity contribution >= 4 is 17.1 Å². The number of rotatable bonds is 9. The molecule has 0 aliphatic heterocycles. The molecule has 1 aromatic heterocycles. The van der Waals surface area contributed by atoms with Crippen LogP contribution < -0.4 is 0 Å². The first-order chi connectivity index (χ1) is 8.67. The molecular formula is C15H24O2S. The van der Waals surface area contributed by atoms with E-state index in [1.165, 1.54) is 24.1 Å². The lowest BCUT2D eigenvalue weighted by Gasteiger charge is -2.13. The van der Waals surface area contributed by atoms with Gasteiger partial charge < -0.3 is 4.74 Å². The fourth-order valence-corrected chi connectivity index (χ4v) is 2.66. The molecule has 102 valence electrons. The first kappa shape index (κ1) is 15.4. The van der Waals surface area contributed by atoms with Gasteiger partial charge in [-0.15, -0.1) is 11.3 Å². The summed E-state index contributed by atoms with van der Waals surface area (Å²) in [6.45, 7) is 7.35. The molecule has 0 aliphatic rings. The third kappa shape index (κ3) is 5.32. The fourth-order valence-electron chi connectivity index (χ4n) is 1.87. The zero-order valence-corrected chi connectivity index (χ0v) is 12.5. The van der Waals surface area contributed by atoms with Crippen molar-refractivity contribution < 1.29 is 9.53 Å². The molecule has 3 heteroatoms. The lowest BCUT2D eigenvalue weighted by molar-refractivity contribution is 0.0662. The molecule has 0 radical (unpaired) electrons. The highest BCUT2D eigenvalue weighted by Crippen LogP contribution is 2.16. The van der Waals surface area contributed by atoms with E-state index in [2.05, 4.69) is 13.8 Å². The minimum atomic E-state index is 0.110. The maximum atomic E-state index is 11.8. The van der Waals surface area contributed by atoms with Crippen LogP contribution in [-0.4, -0.2) is 19.0 Å². The van der Waals surface area contributed by atoms with Crippen molar-refractivity contribution in [1.29, 1.82) is 0 Å². The van der Waals surface area contributed by atoms with Crippen molar-refractivity contribution in [2.45, 2.75) is 46.5 Å². The second-order valence-corrected chi connectivity index (χ2v) is 6.05. The van der Waals surface area contributed by atoms with Crippen LogP contribution in [0.15, 0.2) is 12.1 Å². The highest BCUT2D eigenvalue weighted by atomic mass is 32.1. The lowest BCUT2D eigenvalue weighted by Crippen LogP contribution is -2.14. The number of carbonyl (C=O) groups excluding carboxylic acids is 1. The topological polar surface area (TPSA) is 26.3 Å². The number of carbonyl (C=O) groups is 1. The molecule has 0 saturated carbocycles. The van der Waals surface area contributed by atoms with Crippen LogP contribution in [0.5, 0.6) is 0 Å². The van der Waals surface area contributed by atoms with Gasteiger partial charge in [0.05, 0.1) is 4.88 Å². The van der Waals surface area contributed by atoms with E-state index in [0.717, 1.165) is 11.3 Å². The third-order valence-electron chi connectivity index (χ3n) is 3.15. The van der Waals surface area contributed by atoms with Gasteiger partial charge in [0.1, 0.15) is 6.61 Å². The van der Waals surface area contributed by atoms with Crippen LogP contribution in [-0.2, 0) is 4.74 Å². The average Bonchev–Trinajstić information content (AvgIpc) is 2.80. The predicted octanol–water partition coefficient (Wildman–Crippen LogP) is 4.47. The molecule has 0 amide bonds. The summed E-state index contributed by atoms with van der Waals surface area (Å²) in [5.74, 6) is 0.710. The van der Waals surface area contributed by atoms with Gasteiger partial charge in [-0.3, -0.25) is 4.79 Å². The van der Waals surface area contributed by atoms with Crippen LogP contribution in [0.25, 0.3) is 0 Å². The van der Waals surface area contributed by atoms with E-state index in [1.54, 1.807) is 11.3 Å². The highest BCUT2D eigenvalue weighted by Gasteiger charge is 2.10. The summed E-state index contributed by atoms with van der Waals surface area (Å²) in [4.78, 5) is 13.8. The van der Waals surface area contributed by atoms with Crippen LogP contribution in [0.4, 0.5) is 0 Å². The summed E-state index contributed by atoms with van der Waals surface area (Å²) < 4.78 is 5.57. The molecule has 1 heterocycles. The van der Waals surface area contributed by atoms with E-state index in [1.807, 2.05) is 19.1 Å². The van der Waals surface area contributed by atoms with Gasteiger partial charge in [0.2, 0.25) is 0 Å². The van der Waals surface area contributed by atoms with Crippen molar-refractivity contribution in [1.82, 2.24) is 0 Å². The zero-order chi connectivity index (χ0) is 13.4. The summed E-state index contributed by atoms with van der Waals surface area (Å²) in [5, 5.41) is 0. The lowest BCUT2D eigenvalue weighted by atomic mass is 10.0. The average molecular weight is 268 g/mol. The Kier molecular flexibility index (Phi) is 7.21. The largest absolute Gasteiger partial charge is 0.373 e. The van der Waals surface area contributed by atoms with Gasteiger partial charge in [-0.25, -0.2) is 0 Å². The number of ether oxygens (including phenoxy) is 1. The summed E-state index contributed by atoms with van der Waals surface area (Å²) in [6.07, 6.45) is 4.81. The van der Waals surface area contributed by atoms with E-state index in [-0.39, 0.29) is 12.4 Å². The number of hydrogen-bond donors (Lipinski definition) is 0. The molecule has 1 atom stereocenters. The van der Waals surface area contributed by atoms with E-state index in [4.69, 9.17) is 4.74 Å². The molecule has 1 aromatic rings. The number of ketones is 1. The SMILES string of the molecule is CCCCC(CC)COCC(=O)c1ccc(C)s1. The number of aryl methyl sites for hydroxylation is 1. The molecule has 0 spiro atoms. The molecule has 0 aromatic carbocycles. The highest BCUT2D eigenvalue weighted by molar-refractivity contribution is 7.14. The molecule has 0 fully saturated rings.